The van der Waals surface area contributed by atoms with Gasteiger partial charge in [0.2, 0.25) is 5.91 Å². The quantitative estimate of drug-likeness (QED) is 0.451. The van der Waals surface area contributed by atoms with E-state index >= 15 is 0 Å². The van der Waals surface area contributed by atoms with Gasteiger partial charge in [-0.3, -0.25) is 4.79 Å². The summed E-state index contributed by atoms with van der Waals surface area (Å²) < 4.78 is 20.4. The van der Waals surface area contributed by atoms with Crippen molar-refractivity contribution in [1.82, 2.24) is 14.8 Å². The molecule has 0 saturated carbocycles. The summed E-state index contributed by atoms with van der Waals surface area (Å²) in [5, 5.41) is 12.1. The molecule has 1 amide bonds. The normalized spacial score (nSPS) is 10.8. The summed E-state index contributed by atoms with van der Waals surface area (Å²) in [5.41, 5.74) is 1.30. The maximum Gasteiger partial charge on any atom is 0.234 e. The molecule has 0 aliphatic carbocycles. The van der Waals surface area contributed by atoms with Crippen molar-refractivity contribution in [2.24, 2.45) is 0 Å². The second kappa shape index (κ2) is 10.4. The summed E-state index contributed by atoms with van der Waals surface area (Å²) in [7, 11) is 1.62. The number of thioether (sulfide) groups is 1. The van der Waals surface area contributed by atoms with Crippen molar-refractivity contribution in [3.05, 3.63) is 53.3 Å². The number of carbonyl (C=O) groups is 1. The van der Waals surface area contributed by atoms with Crippen LogP contribution in [-0.2, 0) is 11.3 Å². The van der Waals surface area contributed by atoms with Gasteiger partial charge in [0.25, 0.3) is 0 Å². The summed E-state index contributed by atoms with van der Waals surface area (Å²) in [6.07, 6.45) is 1.99. The Labute approximate surface area is 183 Å². The van der Waals surface area contributed by atoms with Crippen LogP contribution in [0.25, 0.3) is 11.4 Å². The van der Waals surface area contributed by atoms with Gasteiger partial charge < -0.3 is 14.6 Å². The van der Waals surface area contributed by atoms with Crippen molar-refractivity contribution < 1.29 is 13.9 Å². The fourth-order valence-electron chi connectivity index (χ4n) is 2.77. The fourth-order valence-corrected chi connectivity index (χ4v) is 3.75. The van der Waals surface area contributed by atoms with Crippen LogP contribution in [-0.4, -0.2) is 33.5 Å². The molecule has 0 fully saturated rings. The third-order valence-corrected chi connectivity index (χ3v) is 5.62. The van der Waals surface area contributed by atoms with E-state index in [1.807, 2.05) is 28.8 Å². The lowest BCUT2D eigenvalue weighted by Gasteiger charge is -2.10. The number of methoxy groups -OCH3 is 1. The molecule has 0 radical (unpaired) electrons. The minimum Gasteiger partial charge on any atom is -0.497 e. The first-order chi connectivity index (χ1) is 14.5. The second-order valence-corrected chi connectivity index (χ2v) is 7.85. The molecule has 0 atom stereocenters. The minimum absolute atomic E-state index is 0.126. The molecule has 158 valence electrons. The number of amides is 1. The largest absolute Gasteiger partial charge is 0.497 e. The first-order valence-electron chi connectivity index (χ1n) is 9.47. The van der Waals surface area contributed by atoms with Crippen LogP contribution in [0.3, 0.4) is 0 Å². The topological polar surface area (TPSA) is 69.0 Å². The number of rotatable bonds is 9. The number of ether oxygens (including phenoxy) is 1. The van der Waals surface area contributed by atoms with E-state index in [-0.39, 0.29) is 16.7 Å². The van der Waals surface area contributed by atoms with Crippen molar-refractivity contribution in [3.63, 3.8) is 0 Å². The zero-order chi connectivity index (χ0) is 21.5. The Morgan fingerprint density at radius 2 is 2.00 bits per heavy atom. The molecule has 1 aromatic heterocycles. The predicted octanol–water partition coefficient (Wildman–Crippen LogP) is 5.28. The first kappa shape index (κ1) is 22.1. The molecule has 9 heteroatoms. The molecule has 30 heavy (non-hydrogen) atoms. The summed E-state index contributed by atoms with van der Waals surface area (Å²) in [6.45, 7) is 2.86. The molecule has 3 aromatic rings. The number of nitrogens with one attached hydrogen (secondary N) is 1. The van der Waals surface area contributed by atoms with Crippen molar-refractivity contribution in [1.29, 1.82) is 0 Å². The van der Waals surface area contributed by atoms with Crippen LogP contribution in [0.1, 0.15) is 19.8 Å². The summed E-state index contributed by atoms with van der Waals surface area (Å²) in [6, 6.07) is 11.5. The second-order valence-electron chi connectivity index (χ2n) is 6.50. The van der Waals surface area contributed by atoms with Crippen LogP contribution < -0.4 is 10.1 Å². The molecule has 0 unspecified atom stereocenters. The van der Waals surface area contributed by atoms with Crippen molar-refractivity contribution in [2.75, 3.05) is 18.2 Å². The lowest BCUT2D eigenvalue weighted by atomic mass is 10.2. The van der Waals surface area contributed by atoms with Gasteiger partial charge in [-0.05, 0) is 48.9 Å². The Balaban J connectivity index is 1.73. The van der Waals surface area contributed by atoms with E-state index in [0.717, 1.165) is 42.6 Å². The Kier molecular flexibility index (Phi) is 7.70. The average molecular weight is 449 g/mol. The van der Waals surface area contributed by atoms with E-state index < -0.39 is 5.82 Å². The molecule has 0 aliphatic heterocycles. The number of aromatic nitrogens is 3. The monoisotopic (exact) mass is 448 g/mol. The Morgan fingerprint density at radius 3 is 2.67 bits per heavy atom. The van der Waals surface area contributed by atoms with Crippen LogP contribution in [0.4, 0.5) is 10.1 Å². The van der Waals surface area contributed by atoms with E-state index in [1.54, 1.807) is 7.11 Å². The molecule has 1 N–H and O–H groups in total. The Hall–Kier alpha value is -2.58. The molecule has 1 heterocycles. The highest BCUT2D eigenvalue weighted by Gasteiger charge is 2.16. The number of hydrogen-bond acceptors (Lipinski definition) is 5. The third-order valence-electron chi connectivity index (χ3n) is 4.34. The predicted molar refractivity (Wildman–Crippen MR) is 118 cm³/mol. The van der Waals surface area contributed by atoms with Gasteiger partial charge >= 0.3 is 0 Å². The number of halogens is 2. The highest BCUT2D eigenvalue weighted by atomic mass is 35.5. The zero-order valence-electron chi connectivity index (χ0n) is 16.7. The van der Waals surface area contributed by atoms with Gasteiger partial charge in [-0.1, -0.05) is 36.7 Å². The van der Waals surface area contributed by atoms with E-state index in [4.69, 9.17) is 16.3 Å². The first-order valence-corrected chi connectivity index (χ1v) is 10.8. The van der Waals surface area contributed by atoms with Crippen LogP contribution in [0.5, 0.6) is 5.75 Å². The SMILES string of the molecule is CCCCn1c(SCC(=O)Nc2ccc(F)cc2Cl)nnc1-c1ccc(OC)cc1. The molecule has 6 nitrogen and oxygen atoms in total. The van der Waals surface area contributed by atoms with Gasteiger partial charge in [0, 0.05) is 12.1 Å². The number of unbranched alkanes of at least 4 members (excludes halogenated alkanes) is 1. The summed E-state index contributed by atoms with van der Waals surface area (Å²) in [5.74, 6) is 0.923. The van der Waals surface area contributed by atoms with Gasteiger partial charge in [0.05, 0.1) is 23.6 Å². The van der Waals surface area contributed by atoms with E-state index in [1.165, 1.54) is 23.9 Å². The van der Waals surface area contributed by atoms with E-state index in [2.05, 4.69) is 22.4 Å². The van der Waals surface area contributed by atoms with Crippen LogP contribution in [0, 0.1) is 5.82 Å². The number of carbonyl (C=O) groups excluding carboxylic acids is 1. The highest BCUT2D eigenvalue weighted by molar-refractivity contribution is 7.99. The maximum atomic E-state index is 13.2. The van der Waals surface area contributed by atoms with Gasteiger partial charge in [-0.15, -0.1) is 10.2 Å². The summed E-state index contributed by atoms with van der Waals surface area (Å²) in [4.78, 5) is 12.3. The molecule has 0 bridgehead atoms. The number of hydrogen-bond donors (Lipinski definition) is 1. The van der Waals surface area contributed by atoms with Crippen LogP contribution >= 0.6 is 23.4 Å². The Bertz CT molecular complexity index is 1010. The van der Waals surface area contributed by atoms with E-state index in [9.17, 15) is 9.18 Å². The molecule has 3 rings (SSSR count). The minimum atomic E-state index is -0.456. The molecule has 0 aliphatic rings. The smallest absolute Gasteiger partial charge is 0.234 e. The number of anilines is 1. The maximum absolute atomic E-state index is 13.2. The number of benzene rings is 2. The average Bonchev–Trinajstić information content (AvgIpc) is 3.15. The fraction of sp³-hybridized carbons (Fsp3) is 0.286. The van der Waals surface area contributed by atoms with Crippen LogP contribution in [0.15, 0.2) is 47.6 Å². The van der Waals surface area contributed by atoms with Gasteiger partial charge in [-0.2, -0.15) is 0 Å². The van der Waals surface area contributed by atoms with E-state index in [0.29, 0.717) is 10.8 Å². The molecular weight excluding hydrogens is 427 g/mol. The molecule has 0 saturated heterocycles. The Morgan fingerprint density at radius 1 is 1.23 bits per heavy atom. The van der Waals surface area contributed by atoms with Gasteiger partial charge in [-0.25, -0.2) is 4.39 Å². The lowest BCUT2D eigenvalue weighted by Crippen LogP contribution is -2.15. The van der Waals surface area contributed by atoms with Crippen molar-refractivity contribution >= 4 is 35.0 Å². The van der Waals surface area contributed by atoms with Gasteiger partial charge in [0.15, 0.2) is 11.0 Å². The van der Waals surface area contributed by atoms with Gasteiger partial charge in [0.1, 0.15) is 11.6 Å². The standard InChI is InChI=1S/C21H22ClFN4O2S/c1-3-4-11-27-20(14-5-8-16(29-2)9-6-14)25-26-21(27)30-13-19(28)24-18-10-7-15(23)12-17(18)22/h5-10,12H,3-4,11,13H2,1-2H3,(H,24,28). The lowest BCUT2D eigenvalue weighted by molar-refractivity contribution is -0.113. The highest BCUT2D eigenvalue weighted by Crippen LogP contribution is 2.27. The van der Waals surface area contributed by atoms with Crippen molar-refractivity contribution in [2.45, 2.75) is 31.5 Å². The molecular formula is C21H22ClFN4O2S. The molecule has 2 aromatic carbocycles. The number of nitrogens with zero attached hydrogens (tertiary/aromatic N) is 3. The zero-order valence-corrected chi connectivity index (χ0v) is 18.3. The molecule has 0 spiro atoms. The third kappa shape index (κ3) is 5.52. The summed E-state index contributed by atoms with van der Waals surface area (Å²) >= 11 is 7.26. The van der Waals surface area contributed by atoms with Crippen molar-refractivity contribution in [3.8, 4) is 17.1 Å². The van der Waals surface area contributed by atoms with Crippen LogP contribution in [0.2, 0.25) is 5.02 Å².